The van der Waals surface area contributed by atoms with Crippen LogP contribution in [0.25, 0.3) is 0 Å². The van der Waals surface area contributed by atoms with Crippen LogP contribution in [0, 0.1) is 13.8 Å². The van der Waals surface area contributed by atoms with Crippen LogP contribution in [0.15, 0.2) is 18.2 Å². The molecule has 2 nitrogen and oxygen atoms in total. The van der Waals surface area contributed by atoms with Crippen molar-refractivity contribution in [2.24, 2.45) is 0 Å². The lowest BCUT2D eigenvalue weighted by atomic mass is 9.95. The summed E-state index contributed by atoms with van der Waals surface area (Å²) in [5, 5.41) is 2.86. The smallest absolute Gasteiger partial charge is 0.220 e. The molecule has 0 spiro atoms. The Labute approximate surface area is 84.3 Å². The number of amides is 1. The van der Waals surface area contributed by atoms with E-state index >= 15 is 0 Å². The van der Waals surface area contributed by atoms with Gasteiger partial charge in [0.25, 0.3) is 0 Å². The molecule has 2 rings (SSSR count). The average Bonchev–Trinajstić information content (AvgIpc) is 2.57. The van der Waals surface area contributed by atoms with Crippen molar-refractivity contribution in [2.75, 3.05) is 6.54 Å². The van der Waals surface area contributed by atoms with Crippen LogP contribution in [0.3, 0.4) is 0 Å². The summed E-state index contributed by atoms with van der Waals surface area (Å²) >= 11 is 0. The minimum Gasteiger partial charge on any atom is -0.355 e. The predicted molar refractivity (Wildman–Crippen MR) is 56.3 cm³/mol. The molecule has 1 aliphatic rings. The highest BCUT2D eigenvalue weighted by Crippen LogP contribution is 2.24. The van der Waals surface area contributed by atoms with Gasteiger partial charge in [-0.1, -0.05) is 18.2 Å². The molecule has 2 heteroatoms. The zero-order valence-corrected chi connectivity index (χ0v) is 8.63. The number of rotatable bonds is 1. The Kier molecular flexibility index (Phi) is 2.28. The van der Waals surface area contributed by atoms with Crippen molar-refractivity contribution in [1.29, 1.82) is 0 Å². The molecule has 1 aliphatic heterocycles. The van der Waals surface area contributed by atoms with Crippen LogP contribution in [0.1, 0.15) is 29.0 Å². The van der Waals surface area contributed by atoms with E-state index in [9.17, 15) is 4.79 Å². The van der Waals surface area contributed by atoms with Crippen molar-refractivity contribution < 1.29 is 4.79 Å². The lowest BCUT2D eigenvalue weighted by Gasteiger charge is -2.09. The van der Waals surface area contributed by atoms with Crippen LogP contribution in [0.4, 0.5) is 0 Å². The van der Waals surface area contributed by atoms with Crippen LogP contribution in [0.2, 0.25) is 0 Å². The minimum absolute atomic E-state index is 0.174. The van der Waals surface area contributed by atoms with Crippen molar-refractivity contribution in [3.05, 3.63) is 34.9 Å². The van der Waals surface area contributed by atoms with Gasteiger partial charge in [-0.15, -0.1) is 0 Å². The number of hydrogen-bond acceptors (Lipinski definition) is 1. The highest BCUT2D eigenvalue weighted by atomic mass is 16.1. The zero-order valence-electron chi connectivity index (χ0n) is 8.63. The molecule has 0 saturated carbocycles. The standard InChI is InChI=1S/C12H15NO/c1-8-3-4-10(5-9(8)2)11-6-12(14)13-7-11/h3-5,11H,6-7H2,1-2H3,(H,13,14)/t11-/m1/s1. The third-order valence-electron chi connectivity index (χ3n) is 2.98. The van der Waals surface area contributed by atoms with Crippen LogP contribution in [-0.2, 0) is 4.79 Å². The van der Waals surface area contributed by atoms with Crippen LogP contribution in [-0.4, -0.2) is 12.5 Å². The fourth-order valence-corrected chi connectivity index (χ4v) is 1.86. The Morgan fingerprint density at radius 1 is 1.29 bits per heavy atom. The van der Waals surface area contributed by atoms with Crippen molar-refractivity contribution in [3.63, 3.8) is 0 Å². The maximum absolute atomic E-state index is 11.1. The summed E-state index contributed by atoms with van der Waals surface area (Å²) in [5.74, 6) is 0.551. The molecule has 1 saturated heterocycles. The van der Waals surface area contributed by atoms with E-state index < -0.39 is 0 Å². The van der Waals surface area contributed by atoms with Crippen molar-refractivity contribution in [1.82, 2.24) is 5.32 Å². The number of hydrogen-bond donors (Lipinski definition) is 1. The fraction of sp³-hybridized carbons (Fsp3) is 0.417. The monoisotopic (exact) mass is 189 g/mol. The topological polar surface area (TPSA) is 29.1 Å². The quantitative estimate of drug-likeness (QED) is 0.718. The molecule has 0 radical (unpaired) electrons. The van der Waals surface area contributed by atoms with Gasteiger partial charge in [0.15, 0.2) is 0 Å². The Morgan fingerprint density at radius 2 is 2.07 bits per heavy atom. The molecule has 0 bridgehead atoms. The molecular weight excluding hydrogens is 174 g/mol. The first kappa shape index (κ1) is 9.25. The van der Waals surface area contributed by atoms with E-state index in [0.29, 0.717) is 12.3 Å². The number of benzene rings is 1. The van der Waals surface area contributed by atoms with Crippen molar-refractivity contribution in [3.8, 4) is 0 Å². The van der Waals surface area contributed by atoms with E-state index in [1.807, 2.05) is 0 Å². The fourth-order valence-electron chi connectivity index (χ4n) is 1.86. The van der Waals surface area contributed by atoms with Gasteiger partial charge in [-0.25, -0.2) is 0 Å². The number of nitrogens with one attached hydrogen (secondary N) is 1. The van der Waals surface area contributed by atoms with E-state index in [-0.39, 0.29) is 5.91 Å². The number of carbonyl (C=O) groups excluding carboxylic acids is 1. The van der Waals surface area contributed by atoms with Crippen LogP contribution in [0.5, 0.6) is 0 Å². The van der Waals surface area contributed by atoms with E-state index in [1.165, 1.54) is 16.7 Å². The third-order valence-corrected chi connectivity index (χ3v) is 2.98. The first-order chi connectivity index (χ1) is 6.66. The van der Waals surface area contributed by atoms with Gasteiger partial charge in [0.05, 0.1) is 0 Å². The second-order valence-electron chi connectivity index (χ2n) is 4.05. The normalized spacial score (nSPS) is 21.0. The largest absolute Gasteiger partial charge is 0.355 e. The van der Waals surface area contributed by atoms with E-state index in [4.69, 9.17) is 0 Å². The molecular formula is C12H15NO. The van der Waals surface area contributed by atoms with Gasteiger partial charge < -0.3 is 5.32 Å². The minimum atomic E-state index is 0.174. The predicted octanol–water partition coefficient (Wildman–Crippen LogP) is 1.91. The summed E-state index contributed by atoms with van der Waals surface area (Å²) in [5.41, 5.74) is 3.90. The van der Waals surface area contributed by atoms with Crippen LogP contribution >= 0.6 is 0 Å². The Hall–Kier alpha value is -1.31. The molecule has 1 fully saturated rings. The lowest BCUT2D eigenvalue weighted by molar-refractivity contribution is -0.119. The van der Waals surface area contributed by atoms with Gasteiger partial charge in [-0.05, 0) is 30.5 Å². The highest BCUT2D eigenvalue weighted by molar-refractivity contribution is 5.79. The summed E-state index contributed by atoms with van der Waals surface area (Å²) in [7, 11) is 0. The molecule has 0 unspecified atom stereocenters. The maximum Gasteiger partial charge on any atom is 0.220 e. The third kappa shape index (κ3) is 1.65. The van der Waals surface area contributed by atoms with Gasteiger partial charge >= 0.3 is 0 Å². The summed E-state index contributed by atoms with van der Waals surface area (Å²) in [4.78, 5) is 11.1. The van der Waals surface area contributed by atoms with Crippen molar-refractivity contribution in [2.45, 2.75) is 26.2 Å². The highest BCUT2D eigenvalue weighted by Gasteiger charge is 2.22. The summed E-state index contributed by atoms with van der Waals surface area (Å²) in [6.07, 6.45) is 0.641. The van der Waals surface area contributed by atoms with Crippen molar-refractivity contribution >= 4 is 5.91 Å². The number of carbonyl (C=O) groups is 1. The average molecular weight is 189 g/mol. The second kappa shape index (κ2) is 3.45. The van der Waals surface area contributed by atoms with Crippen LogP contribution < -0.4 is 5.32 Å². The Bertz CT molecular complexity index is 371. The second-order valence-corrected chi connectivity index (χ2v) is 4.05. The summed E-state index contributed by atoms with van der Waals surface area (Å²) in [6.45, 7) is 5.02. The molecule has 1 aromatic rings. The Balaban J connectivity index is 2.24. The van der Waals surface area contributed by atoms with Gasteiger partial charge in [0, 0.05) is 18.9 Å². The van der Waals surface area contributed by atoms with Gasteiger partial charge in [-0.3, -0.25) is 4.79 Å². The molecule has 1 amide bonds. The molecule has 74 valence electrons. The molecule has 14 heavy (non-hydrogen) atoms. The molecule has 1 aromatic carbocycles. The van der Waals surface area contributed by atoms with Gasteiger partial charge in [0.1, 0.15) is 0 Å². The molecule has 1 N–H and O–H groups in total. The number of aryl methyl sites for hydroxylation is 2. The maximum atomic E-state index is 11.1. The lowest BCUT2D eigenvalue weighted by Crippen LogP contribution is -2.13. The molecule has 0 aliphatic carbocycles. The van der Waals surface area contributed by atoms with E-state index in [0.717, 1.165) is 6.54 Å². The summed E-state index contributed by atoms with van der Waals surface area (Å²) < 4.78 is 0. The SMILES string of the molecule is Cc1ccc([C@H]2CNC(=O)C2)cc1C. The van der Waals surface area contributed by atoms with Gasteiger partial charge in [0.2, 0.25) is 5.91 Å². The first-order valence-corrected chi connectivity index (χ1v) is 5.00. The van der Waals surface area contributed by atoms with Gasteiger partial charge in [-0.2, -0.15) is 0 Å². The zero-order chi connectivity index (χ0) is 10.1. The Morgan fingerprint density at radius 3 is 2.64 bits per heavy atom. The molecule has 0 aromatic heterocycles. The van der Waals surface area contributed by atoms with E-state index in [1.54, 1.807) is 0 Å². The first-order valence-electron chi connectivity index (χ1n) is 5.00. The molecule has 1 atom stereocenters. The molecule has 1 heterocycles. The summed E-state index contributed by atoms with van der Waals surface area (Å²) in [6, 6.07) is 6.46. The van der Waals surface area contributed by atoms with E-state index in [2.05, 4.69) is 37.4 Å².